The third-order valence-electron chi connectivity index (χ3n) is 8.77. The highest BCUT2D eigenvalue weighted by Crippen LogP contribution is 2.45. The molecule has 0 fully saturated rings. The average Bonchev–Trinajstić information content (AvgIpc) is 3.40. The Morgan fingerprint density at radius 2 is 1.12 bits per heavy atom. The van der Waals surface area contributed by atoms with Gasteiger partial charge in [-0.1, -0.05) is 41.5 Å². The number of unbranched alkanes of at least 4 members (excludes halogenated alkanes) is 1. The van der Waals surface area contributed by atoms with Crippen molar-refractivity contribution >= 4 is 44.5 Å². The van der Waals surface area contributed by atoms with Gasteiger partial charge < -0.3 is 10.6 Å². The number of hydrogen-bond donors (Lipinski definition) is 2. The van der Waals surface area contributed by atoms with Gasteiger partial charge >= 0.3 is 0 Å². The zero-order valence-electron chi connectivity index (χ0n) is 24.8. The van der Waals surface area contributed by atoms with Crippen molar-refractivity contribution < 1.29 is 9.59 Å². The van der Waals surface area contributed by atoms with Gasteiger partial charge in [0.2, 0.25) is 11.8 Å². The SMILES string of the molecule is CC(C)(C)C1CCc2c(sc(NC(=O)CCCCC(=O)Nc3sc4c(c3C#N)CCC(C(C)(C)C)C4)c2C#N)C1. The Morgan fingerprint density at radius 3 is 1.45 bits per heavy atom. The van der Waals surface area contributed by atoms with Gasteiger partial charge in [-0.05, 0) is 85.2 Å². The molecule has 214 valence electrons. The van der Waals surface area contributed by atoms with Crippen molar-refractivity contribution in [3.8, 4) is 12.1 Å². The molecule has 2 aromatic heterocycles. The zero-order valence-corrected chi connectivity index (χ0v) is 26.4. The van der Waals surface area contributed by atoms with E-state index in [2.05, 4.69) is 64.3 Å². The van der Waals surface area contributed by atoms with Crippen LogP contribution in [-0.2, 0) is 35.3 Å². The molecule has 8 heteroatoms. The smallest absolute Gasteiger partial charge is 0.225 e. The molecule has 0 saturated heterocycles. The van der Waals surface area contributed by atoms with E-state index in [0.717, 1.165) is 49.7 Å². The molecule has 2 aromatic rings. The van der Waals surface area contributed by atoms with Crippen LogP contribution in [0.15, 0.2) is 0 Å². The molecule has 0 radical (unpaired) electrons. The predicted molar refractivity (Wildman–Crippen MR) is 164 cm³/mol. The van der Waals surface area contributed by atoms with E-state index >= 15 is 0 Å². The molecule has 0 saturated carbocycles. The van der Waals surface area contributed by atoms with Gasteiger partial charge in [-0.2, -0.15) is 10.5 Å². The zero-order chi connectivity index (χ0) is 29.2. The summed E-state index contributed by atoms with van der Waals surface area (Å²) in [4.78, 5) is 27.9. The number of amides is 2. The van der Waals surface area contributed by atoms with Gasteiger partial charge in [0.15, 0.2) is 0 Å². The topological polar surface area (TPSA) is 106 Å². The number of carbonyl (C=O) groups excluding carboxylic acids is 2. The Hall–Kier alpha value is -2.68. The van der Waals surface area contributed by atoms with Gasteiger partial charge in [-0.3, -0.25) is 9.59 Å². The minimum Gasteiger partial charge on any atom is -0.317 e. The molecule has 2 N–H and O–H groups in total. The summed E-state index contributed by atoms with van der Waals surface area (Å²) >= 11 is 3.10. The summed E-state index contributed by atoms with van der Waals surface area (Å²) in [6.45, 7) is 13.6. The lowest BCUT2D eigenvalue weighted by Crippen LogP contribution is -2.26. The number of nitriles is 2. The van der Waals surface area contributed by atoms with Crippen LogP contribution in [0.25, 0.3) is 0 Å². The fraction of sp³-hybridized carbons (Fsp3) is 0.625. The van der Waals surface area contributed by atoms with Crippen LogP contribution in [0.4, 0.5) is 10.0 Å². The first kappa shape index (κ1) is 30.3. The second-order valence-electron chi connectivity index (χ2n) is 13.6. The molecule has 4 rings (SSSR count). The Balaban J connectivity index is 1.27. The van der Waals surface area contributed by atoms with Crippen molar-refractivity contribution in [3.05, 3.63) is 32.0 Å². The van der Waals surface area contributed by atoms with E-state index in [1.807, 2.05) is 0 Å². The van der Waals surface area contributed by atoms with Crippen LogP contribution < -0.4 is 10.6 Å². The molecule has 0 bridgehead atoms. The second-order valence-corrected chi connectivity index (χ2v) is 15.8. The molecular formula is C32H42N4O2S2. The minimum atomic E-state index is -0.117. The fourth-order valence-corrected chi connectivity index (χ4v) is 8.60. The van der Waals surface area contributed by atoms with Crippen LogP contribution >= 0.6 is 22.7 Å². The number of anilines is 2. The molecule has 0 aromatic carbocycles. The van der Waals surface area contributed by atoms with Crippen LogP contribution in [0.1, 0.15) is 112 Å². The van der Waals surface area contributed by atoms with Crippen LogP contribution in [0.2, 0.25) is 0 Å². The van der Waals surface area contributed by atoms with Crippen LogP contribution in [0, 0.1) is 45.3 Å². The predicted octanol–water partition coefficient (Wildman–Crippen LogP) is 7.99. The number of fused-ring (bicyclic) bond motifs is 2. The number of nitrogens with zero attached hydrogens (tertiary/aromatic N) is 2. The number of thiophene rings is 2. The number of nitrogens with one attached hydrogen (secondary N) is 2. The third kappa shape index (κ3) is 6.78. The van der Waals surface area contributed by atoms with Crippen molar-refractivity contribution in [1.29, 1.82) is 10.5 Å². The third-order valence-corrected chi connectivity index (χ3v) is 11.1. The van der Waals surface area contributed by atoms with Gasteiger partial charge in [0, 0.05) is 22.6 Å². The second kappa shape index (κ2) is 12.0. The highest BCUT2D eigenvalue weighted by Gasteiger charge is 2.33. The van der Waals surface area contributed by atoms with Crippen molar-refractivity contribution in [1.82, 2.24) is 0 Å². The molecule has 40 heavy (non-hydrogen) atoms. The Kier molecular flexibility index (Phi) is 9.12. The van der Waals surface area contributed by atoms with E-state index in [1.54, 1.807) is 22.7 Å². The van der Waals surface area contributed by atoms with Crippen LogP contribution in [0.5, 0.6) is 0 Å². The van der Waals surface area contributed by atoms with E-state index in [9.17, 15) is 20.1 Å². The maximum Gasteiger partial charge on any atom is 0.225 e. The largest absolute Gasteiger partial charge is 0.317 e. The van der Waals surface area contributed by atoms with Crippen molar-refractivity contribution in [2.75, 3.05) is 10.6 Å². The van der Waals surface area contributed by atoms with E-state index in [0.29, 0.717) is 58.6 Å². The summed E-state index contributed by atoms with van der Waals surface area (Å²) in [7, 11) is 0. The normalized spacial score (nSPS) is 18.7. The number of rotatable bonds is 7. The lowest BCUT2D eigenvalue weighted by molar-refractivity contribution is -0.118. The van der Waals surface area contributed by atoms with Gasteiger partial charge in [0.25, 0.3) is 0 Å². The summed E-state index contributed by atoms with van der Waals surface area (Å²) in [5.41, 5.74) is 3.92. The molecular weight excluding hydrogens is 537 g/mol. The fourth-order valence-electron chi connectivity index (χ4n) is 6.01. The highest BCUT2D eigenvalue weighted by atomic mass is 32.1. The van der Waals surface area contributed by atoms with Crippen LogP contribution in [0.3, 0.4) is 0 Å². The molecule has 2 amide bonds. The molecule has 2 heterocycles. The van der Waals surface area contributed by atoms with Gasteiger partial charge in [-0.15, -0.1) is 22.7 Å². The lowest BCUT2D eigenvalue weighted by atomic mass is 9.72. The summed E-state index contributed by atoms with van der Waals surface area (Å²) in [6.07, 6.45) is 7.60. The summed E-state index contributed by atoms with van der Waals surface area (Å²) < 4.78 is 0. The first-order valence-electron chi connectivity index (χ1n) is 14.5. The maximum absolute atomic E-state index is 12.7. The molecule has 6 nitrogen and oxygen atoms in total. The van der Waals surface area contributed by atoms with Crippen LogP contribution in [-0.4, -0.2) is 11.8 Å². The summed E-state index contributed by atoms with van der Waals surface area (Å²) in [5, 5.41) is 26.9. The van der Waals surface area contributed by atoms with Gasteiger partial charge in [0.05, 0.1) is 11.1 Å². The first-order chi connectivity index (χ1) is 18.8. The lowest BCUT2D eigenvalue weighted by Gasteiger charge is -2.33. The van der Waals surface area contributed by atoms with Crippen molar-refractivity contribution in [3.63, 3.8) is 0 Å². The van der Waals surface area contributed by atoms with E-state index in [-0.39, 0.29) is 22.6 Å². The Bertz CT molecular complexity index is 1250. The monoisotopic (exact) mass is 578 g/mol. The first-order valence-corrected chi connectivity index (χ1v) is 16.1. The Labute approximate surface area is 247 Å². The minimum absolute atomic E-state index is 0.117. The quantitative estimate of drug-likeness (QED) is 0.325. The standard InChI is InChI=1S/C32H42N4O2S2/c1-31(2,3)19-11-13-21-23(17-33)29(39-25(21)15-19)35-27(37)9-7-8-10-28(38)36-30-24(18-34)22-14-12-20(32(4,5)6)16-26(22)40-30/h19-20H,7-16H2,1-6H3,(H,35,37)(H,36,38). The molecule has 0 aliphatic heterocycles. The van der Waals surface area contributed by atoms with Crippen molar-refractivity contribution in [2.45, 2.75) is 106 Å². The van der Waals surface area contributed by atoms with E-state index in [4.69, 9.17) is 0 Å². The summed E-state index contributed by atoms with van der Waals surface area (Å²) in [5.74, 6) is 0.913. The molecule has 0 spiro atoms. The average molecular weight is 579 g/mol. The highest BCUT2D eigenvalue weighted by molar-refractivity contribution is 7.17. The van der Waals surface area contributed by atoms with Gasteiger partial charge in [0.1, 0.15) is 22.1 Å². The van der Waals surface area contributed by atoms with E-state index < -0.39 is 0 Å². The number of carbonyl (C=O) groups is 2. The number of hydrogen-bond acceptors (Lipinski definition) is 6. The van der Waals surface area contributed by atoms with Gasteiger partial charge in [-0.25, -0.2) is 0 Å². The molecule has 2 aliphatic carbocycles. The Morgan fingerprint density at radius 1 is 0.750 bits per heavy atom. The maximum atomic E-state index is 12.7. The summed E-state index contributed by atoms with van der Waals surface area (Å²) in [6, 6.07) is 4.65. The molecule has 2 unspecified atom stereocenters. The molecule has 2 aliphatic rings. The van der Waals surface area contributed by atoms with E-state index in [1.165, 1.54) is 9.75 Å². The van der Waals surface area contributed by atoms with Crippen molar-refractivity contribution in [2.24, 2.45) is 22.7 Å². The molecule has 2 atom stereocenters.